The van der Waals surface area contributed by atoms with Gasteiger partial charge >= 0.3 is 0 Å². The van der Waals surface area contributed by atoms with Crippen LogP contribution in [0.5, 0.6) is 5.75 Å². The Balaban J connectivity index is 1.43. The number of hydrogen-bond donors (Lipinski definition) is 2. The highest BCUT2D eigenvalue weighted by molar-refractivity contribution is 8.15. The van der Waals surface area contributed by atoms with Gasteiger partial charge in [0.25, 0.3) is 5.76 Å². The van der Waals surface area contributed by atoms with Gasteiger partial charge in [0.1, 0.15) is 5.75 Å². The van der Waals surface area contributed by atoms with Crippen LogP contribution in [0, 0.1) is 0 Å². The van der Waals surface area contributed by atoms with Crippen molar-refractivity contribution < 1.29 is 18.7 Å². The third-order valence-electron chi connectivity index (χ3n) is 4.63. The Hall–Kier alpha value is -2.91. The molecule has 31 heavy (non-hydrogen) atoms. The molecule has 0 saturated carbocycles. The number of nitrogens with zero attached hydrogens (tertiary/aromatic N) is 2. The van der Waals surface area contributed by atoms with Gasteiger partial charge in [-0.25, -0.2) is 0 Å². The number of nitrogens with one attached hydrogen (secondary N) is 1. The Morgan fingerprint density at radius 1 is 1.13 bits per heavy atom. The van der Waals surface area contributed by atoms with E-state index in [1.54, 1.807) is 30.3 Å². The van der Waals surface area contributed by atoms with E-state index in [4.69, 9.17) is 0 Å². The maximum Gasteiger partial charge on any atom is 0.288 e. The van der Waals surface area contributed by atoms with E-state index in [2.05, 4.69) is 15.5 Å². The normalized spacial score (nSPS) is 17.8. The molecule has 5 nitrogen and oxygen atoms in total. The van der Waals surface area contributed by atoms with Crippen LogP contribution < -0.4 is 5.32 Å². The third-order valence-corrected chi connectivity index (χ3v) is 6.42. The third kappa shape index (κ3) is 5.23. The van der Waals surface area contributed by atoms with Crippen LogP contribution in [0.2, 0.25) is 0 Å². The number of halogens is 2. The van der Waals surface area contributed by atoms with Gasteiger partial charge in [0.05, 0.1) is 11.5 Å². The van der Waals surface area contributed by atoms with Crippen molar-refractivity contribution >= 4 is 51.6 Å². The van der Waals surface area contributed by atoms with Crippen LogP contribution in [0.3, 0.4) is 0 Å². The predicted molar refractivity (Wildman–Crippen MR) is 122 cm³/mol. The first-order valence-corrected chi connectivity index (χ1v) is 11.1. The number of amidine groups is 1. The maximum absolute atomic E-state index is 12.4. The Kier molecular flexibility index (Phi) is 6.53. The van der Waals surface area contributed by atoms with E-state index >= 15 is 0 Å². The molecule has 0 bridgehead atoms. The number of amides is 1. The predicted octanol–water partition coefficient (Wildman–Crippen LogP) is 5.02. The summed E-state index contributed by atoms with van der Waals surface area (Å²) in [4.78, 5) is 12.7. The van der Waals surface area contributed by atoms with Crippen molar-refractivity contribution in [2.45, 2.75) is 22.3 Å². The minimum absolute atomic E-state index is 0.0945. The minimum Gasteiger partial charge on any atom is -0.507 e. The maximum atomic E-state index is 12.4. The van der Waals surface area contributed by atoms with Gasteiger partial charge < -0.3 is 10.4 Å². The monoisotopic (exact) mass is 457 g/mol. The van der Waals surface area contributed by atoms with Crippen LogP contribution in [-0.2, 0) is 11.2 Å². The first-order valence-electron chi connectivity index (χ1n) is 9.32. The minimum atomic E-state index is -2.46. The molecule has 1 heterocycles. The molecule has 3 aromatic rings. The number of phenolic OH excluding ortho intramolecular Hbond substituents is 1. The van der Waals surface area contributed by atoms with Crippen molar-refractivity contribution in [1.82, 2.24) is 5.32 Å². The summed E-state index contributed by atoms with van der Waals surface area (Å²) in [6.45, 7) is 0. The van der Waals surface area contributed by atoms with Crippen LogP contribution in [0.15, 0.2) is 75.8 Å². The van der Waals surface area contributed by atoms with Crippen molar-refractivity contribution in [1.29, 1.82) is 0 Å². The number of benzene rings is 3. The zero-order valence-electron chi connectivity index (χ0n) is 16.0. The first-order chi connectivity index (χ1) is 15.0. The molecule has 3 aromatic carbocycles. The van der Waals surface area contributed by atoms with Crippen molar-refractivity contribution in [3.8, 4) is 5.75 Å². The van der Waals surface area contributed by atoms with E-state index < -0.39 is 5.76 Å². The Morgan fingerprint density at radius 2 is 1.90 bits per heavy atom. The molecule has 1 unspecified atom stereocenters. The fourth-order valence-corrected chi connectivity index (χ4v) is 4.63. The van der Waals surface area contributed by atoms with E-state index in [1.165, 1.54) is 18.0 Å². The Bertz CT molecular complexity index is 1170. The molecule has 1 atom stereocenters. The smallest absolute Gasteiger partial charge is 0.288 e. The zero-order valence-corrected chi connectivity index (χ0v) is 17.7. The van der Waals surface area contributed by atoms with Gasteiger partial charge in [-0.15, -0.1) is 5.10 Å². The number of fused-ring (bicyclic) bond motifs is 1. The molecule has 4 rings (SSSR count). The van der Waals surface area contributed by atoms with Crippen LogP contribution in [-0.4, -0.2) is 33.4 Å². The largest absolute Gasteiger partial charge is 0.507 e. The molecular weight excluding hydrogens is 440 g/mol. The number of carbonyl (C=O) groups excluding carboxylic acids is 1. The SMILES string of the molecule is O=C1NC(=NN=Cc2c(O)ccc3ccccc23)SC1Cc1ccc(SC(F)F)cc1. The molecular formula is C22H17F2N3O2S2. The highest BCUT2D eigenvalue weighted by Crippen LogP contribution is 2.28. The van der Waals surface area contributed by atoms with Crippen LogP contribution in [0.1, 0.15) is 11.1 Å². The van der Waals surface area contributed by atoms with Gasteiger partial charge in [0.15, 0.2) is 5.17 Å². The summed E-state index contributed by atoms with van der Waals surface area (Å²) in [5, 5.41) is 22.8. The van der Waals surface area contributed by atoms with Crippen molar-refractivity contribution in [2.75, 3.05) is 0 Å². The summed E-state index contributed by atoms with van der Waals surface area (Å²) < 4.78 is 24.8. The lowest BCUT2D eigenvalue weighted by Gasteiger charge is -2.06. The lowest BCUT2D eigenvalue weighted by molar-refractivity contribution is -0.118. The van der Waals surface area contributed by atoms with Gasteiger partial charge in [-0.3, -0.25) is 4.79 Å². The molecule has 1 amide bonds. The summed E-state index contributed by atoms with van der Waals surface area (Å²) in [5.41, 5.74) is 1.42. The number of aromatic hydroxyl groups is 1. The second kappa shape index (κ2) is 9.49. The number of alkyl halides is 2. The fourth-order valence-electron chi connectivity index (χ4n) is 3.17. The summed E-state index contributed by atoms with van der Waals surface area (Å²) in [7, 11) is 0. The molecule has 0 radical (unpaired) electrons. The lowest BCUT2D eigenvalue weighted by atomic mass is 10.0. The van der Waals surface area contributed by atoms with Crippen molar-refractivity contribution in [3.05, 3.63) is 71.8 Å². The molecule has 1 aliphatic rings. The second-order valence-corrected chi connectivity index (χ2v) is 8.95. The van der Waals surface area contributed by atoms with E-state index in [0.29, 0.717) is 33.8 Å². The summed E-state index contributed by atoms with van der Waals surface area (Å²) >= 11 is 1.75. The lowest BCUT2D eigenvalue weighted by Crippen LogP contribution is -2.25. The van der Waals surface area contributed by atoms with Gasteiger partial charge in [-0.05, 0) is 41.0 Å². The molecule has 0 aromatic heterocycles. The Labute approximate surface area is 185 Å². The van der Waals surface area contributed by atoms with Gasteiger partial charge in [0, 0.05) is 10.5 Å². The molecule has 158 valence electrons. The van der Waals surface area contributed by atoms with E-state index in [-0.39, 0.29) is 16.9 Å². The Morgan fingerprint density at radius 3 is 2.68 bits per heavy atom. The van der Waals surface area contributed by atoms with Gasteiger partial charge in [-0.1, -0.05) is 66.0 Å². The van der Waals surface area contributed by atoms with Crippen LogP contribution in [0.25, 0.3) is 10.8 Å². The topological polar surface area (TPSA) is 74.0 Å². The van der Waals surface area contributed by atoms with E-state index in [9.17, 15) is 18.7 Å². The molecule has 0 aliphatic carbocycles. The van der Waals surface area contributed by atoms with E-state index in [0.717, 1.165) is 16.3 Å². The molecule has 1 fully saturated rings. The van der Waals surface area contributed by atoms with Crippen LogP contribution >= 0.6 is 23.5 Å². The average molecular weight is 458 g/mol. The number of carbonyl (C=O) groups is 1. The molecule has 0 spiro atoms. The average Bonchev–Trinajstić information content (AvgIpc) is 3.10. The zero-order chi connectivity index (χ0) is 21.8. The summed E-state index contributed by atoms with van der Waals surface area (Å²) in [6, 6.07) is 17.8. The summed E-state index contributed by atoms with van der Waals surface area (Å²) in [6.07, 6.45) is 1.91. The molecule has 1 aliphatic heterocycles. The standard InChI is InChI=1S/C22H17F2N3O2S2/c23-21(24)30-15-8-5-13(6-9-15)11-19-20(29)26-22(31-19)27-25-12-17-16-4-2-1-3-14(16)7-10-18(17)28/h1-10,12,19,21,28H,11H2,(H,26,27,29). The number of phenols is 1. The molecule has 2 N–H and O–H groups in total. The fraction of sp³-hybridized carbons (Fsp3) is 0.136. The quantitative estimate of drug-likeness (QED) is 0.310. The molecule has 9 heteroatoms. The highest BCUT2D eigenvalue weighted by Gasteiger charge is 2.30. The van der Waals surface area contributed by atoms with E-state index in [1.807, 2.05) is 30.3 Å². The van der Waals surface area contributed by atoms with Crippen molar-refractivity contribution in [2.24, 2.45) is 10.2 Å². The number of hydrogen-bond acceptors (Lipinski definition) is 6. The number of rotatable bonds is 6. The van der Waals surface area contributed by atoms with Crippen LogP contribution in [0.4, 0.5) is 8.78 Å². The molecule has 1 saturated heterocycles. The van der Waals surface area contributed by atoms with Crippen molar-refractivity contribution in [3.63, 3.8) is 0 Å². The highest BCUT2D eigenvalue weighted by atomic mass is 32.2. The van der Waals surface area contributed by atoms with Gasteiger partial charge in [0.2, 0.25) is 5.91 Å². The summed E-state index contributed by atoms with van der Waals surface area (Å²) in [5.74, 6) is -2.55. The first kappa shape index (κ1) is 21.3. The number of thioether (sulfide) groups is 2. The second-order valence-electron chi connectivity index (χ2n) is 6.69. The van der Waals surface area contributed by atoms with Gasteiger partial charge in [-0.2, -0.15) is 13.9 Å².